The highest BCUT2D eigenvalue weighted by atomic mass is 16.5. The fourth-order valence-electron chi connectivity index (χ4n) is 2.51. The van der Waals surface area contributed by atoms with Gasteiger partial charge < -0.3 is 15.4 Å². The Morgan fingerprint density at radius 2 is 1.93 bits per heavy atom. The second-order valence-corrected chi connectivity index (χ2v) is 6.34. The molecule has 0 aliphatic heterocycles. The molecule has 1 aromatic heterocycles. The molecule has 0 bridgehead atoms. The molecule has 1 aromatic carbocycles. The van der Waals surface area contributed by atoms with Gasteiger partial charge in [-0.1, -0.05) is 17.7 Å². The number of nitrogens with zero attached hydrogens (tertiary/aromatic N) is 2. The molecule has 0 aliphatic rings. The van der Waals surface area contributed by atoms with Crippen molar-refractivity contribution in [1.29, 1.82) is 0 Å². The highest BCUT2D eigenvalue weighted by Crippen LogP contribution is 2.18. The maximum atomic E-state index is 12.2. The number of aromatic nitrogens is 2. The summed E-state index contributed by atoms with van der Waals surface area (Å²) in [5.74, 6) is -1.54. The third-order valence-electron chi connectivity index (χ3n) is 4.11. The molecule has 0 saturated carbocycles. The first-order valence-corrected chi connectivity index (χ1v) is 8.54. The van der Waals surface area contributed by atoms with Gasteiger partial charge >= 0.3 is 5.97 Å². The number of hydrogen-bond acceptors (Lipinski definition) is 5. The summed E-state index contributed by atoms with van der Waals surface area (Å²) in [6.45, 7) is 6.62. The Morgan fingerprint density at radius 1 is 1.22 bits per heavy atom. The van der Waals surface area contributed by atoms with E-state index in [1.165, 1.54) is 6.92 Å². The van der Waals surface area contributed by atoms with Crippen molar-refractivity contribution < 1.29 is 19.1 Å². The predicted octanol–water partition coefficient (Wildman–Crippen LogP) is 1.65. The van der Waals surface area contributed by atoms with Crippen LogP contribution in [0.15, 0.2) is 24.3 Å². The second-order valence-electron chi connectivity index (χ2n) is 6.34. The number of carbonyl (C=O) groups is 3. The standard InChI is InChI=1S/C19H24N4O4/c1-11-7-6-8-15(9-11)19(26)20-10-16(24)27-14(4)18(25)21-17-12(2)22-23(5)13(17)3/h6-9,14H,10H2,1-5H3,(H,20,26)(H,21,25)/t14-/m1/s1. The first-order chi connectivity index (χ1) is 12.7. The molecule has 2 rings (SSSR count). The lowest BCUT2D eigenvalue weighted by Crippen LogP contribution is -2.36. The number of amides is 2. The van der Waals surface area contributed by atoms with Gasteiger partial charge in [0.15, 0.2) is 6.10 Å². The van der Waals surface area contributed by atoms with E-state index in [-0.39, 0.29) is 12.5 Å². The van der Waals surface area contributed by atoms with Crippen LogP contribution in [0, 0.1) is 20.8 Å². The van der Waals surface area contributed by atoms with E-state index in [2.05, 4.69) is 15.7 Å². The van der Waals surface area contributed by atoms with Crippen LogP contribution in [0.2, 0.25) is 0 Å². The summed E-state index contributed by atoms with van der Waals surface area (Å²) in [6.07, 6.45) is -1.01. The van der Waals surface area contributed by atoms with Crippen LogP contribution in [-0.2, 0) is 21.4 Å². The molecule has 27 heavy (non-hydrogen) atoms. The minimum Gasteiger partial charge on any atom is -0.451 e. The summed E-state index contributed by atoms with van der Waals surface area (Å²) in [5.41, 5.74) is 3.46. The average molecular weight is 372 g/mol. The van der Waals surface area contributed by atoms with Crippen LogP contribution in [0.1, 0.15) is 34.2 Å². The molecule has 2 N–H and O–H groups in total. The average Bonchev–Trinajstić information content (AvgIpc) is 2.85. The Balaban J connectivity index is 1.85. The molecule has 8 heteroatoms. The number of benzene rings is 1. The Labute approximate surface area is 157 Å². The fraction of sp³-hybridized carbons (Fsp3) is 0.368. The summed E-state index contributed by atoms with van der Waals surface area (Å²) >= 11 is 0. The quantitative estimate of drug-likeness (QED) is 0.751. The zero-order chi connectivity index (χ0) is 20.1. The van der Waals surface area contributed by atoms with E-state index in [9.17, 15) is 14.4 Å². The van der Waals surface area contributed by atoms with Crippen molar-refractivity contribution in [2.75, 3.05) is 11.9 Å². The predicted molar refractivity (Wildman–Crippen MR) is 100 cm³/mol. The maximum absolute atomic E-state index is 12.2. The Morgan fingerprint density at radius 3 is 2.52 bits per heavy atom. The summed E-state index contributed by atoms with van der Waals surface area (Å²) in [5, 5.41) is 9.41. The van der Waals surface area contributed by atoms with Crippen molar-refractivity contribution >= 4 is 23.5 Å². The van der Waals surface area contributed by atoms with E-state index in [1.54, 1.807) is 36.9 Å². The highest BCUT2D eigenvalue weighted by molar-refractivity contribution is 5.97. The SMILES string of the molecule is Cc1cccc(C(=O)NCC(=O)O[C@H](C)C(=O)Nc2c(C)nn(C)c2C)c1. The van der Waals surface area contributed by atoms with Crippen LogP contribution in [0.3, 0.4) is 0 Å². The highest BCUT2D eigenvalue weighted by Gasteiger charge is 2.21. The molecule has 144 valence electrons. The number of anilines is 1. The van der Waals surface area contributed by atoms with Crippen molar-refractivity contribution in [3.63, 3.8) is 0 Å². The third-order valence-corrected chi connectivity index (χ3v) is 4.11. The second kappa shape index (κ2) is 8.48. The molecule has 2 amide bonds. The van der Waals surface area contributed by atoms with E-state index in [1.807, 2.05) is 19.9 Å². The van der Waals surface area contributed by atoms with Gasteiger partial charge in [0.1, 0.15) is 6.54 Å². The van der Waals surface area contributed by atoms with Gasteiger partial charge in [0.25, 0.3) is 11.8 Å². The summed E-state index contributed by atoms with van der Waals surface area (Å²) in [6, 6.07) is 7.01. The van der Waals surface area contributed by atoms with Crippen molar-refractivity contribution in [1.82, 2.24) is 15.1 Å². The number of esters is 1. The fourth-order valence-corrected chi connectivity index (χ4v) is 2.51. The zero-order valence-corrected chi connectivity index (χ0v) is 16.1. The van der Waals surface area contributed by atoms with Crippen LogP contribution in [0.5, 0.6) is 0 Å². The molecule has 0 saturated heterocycles. The molecule has 0 aliphatic carbocycles. The number of aryl methyl sites for hydroxylation is 3. The summed E-state index contributed by atoms with van der Waals surface area (Å²) in [7, 11) is 1.78. The number of ether oxygens (including phenoxy) is 1. The molecule has 0 radical (unpaired) electrons. The molecule has 0 unspecified atom stereocenters. The van der Waals surface area contributed by atoms with E-state index in [0.29, 0.717) is 16.9 Å². The van der Waals surface area contributed by atoms with Gasteiger partial charge in [0.2, 0.25) is 0 Å². The van der Waals surface area contributed by atoms with E-state index in [0.717, 1.165) is 11.3 Å². The van der Waals surface area contributed by atoms with Crippen molar-refractivity contribution in [3.8, 4) is 0 Å². The van der Waals surface area contributed by atoms with Crippen molar-refractivity contribution in [2.45, 2.75) is 33.8 Å². The van der Waals surface area contributed by atoms with Crippen molar-refractivity contribution in [3.05, 3.63) is 46.8 Å². The monoisotopic (exact) mass is 372 g/mol. The van der Waals surface area contributed by atoms with Crippen LogP contribution in [0.4, 0.5) is 5.69 Å². The summed E-state index contributed by atoms with van der Waals surface area (Å²) in [4.78, 5) is 36.2. The van der Waals surface area contributed by atoms with Crippen molar-refractivity contribution in [2.24, 2.45) is 7.05 Å². The van der Waals surface area contributed by atoms with Gasteiger partial charge in [-0.15, -0.1) is 0 Å². The molecule has 0 spiro atoms. The number of carbonyl (C=O) groups excluding carboxylic acids is 3. The van der Waals surface area contributed by atoms with E-state index >= 15 is 0 Å². The van der Waals surface area contributed by atoms with Crippen LogP contribution >= 0.6 is 0 Å². The Bertz CT molecular complexity index is 873. The first kappa shape index (κ1) is 20.2. The molecule has 2 aromatic rings. The molecule has 1 atom stereocenters. The first-order valence-electron chi connectivity index (χ1n) is 8.54. The minimum absolute atomic E-state index is 0.324. The Kier molecular flexibility index (Phi) is 6.33. The summed E-state index contributed by atoms with van der Waals surface area (Å²) < 4.78 is 6.74. The van der Waals surface area contributed by atoms with Gasteiger partial charge in [-0.05, 0) is 39.8 Å². The molecule has 0 fully saturated rings. The lowest BCUT2D eigenvalue weighted by molar-refractivity contribution is -0.152. The minimum atomic E-state index is -1.01. The maximum Gasteiger partial charge on any atom is 0.326 e. The van der Waals surface area contributed by atoms with Gasteiger partial charge in [0.05, 0.1) is 17.1 Å². The lowest BCUT2D eigenvalue weighted by Gasteiger charge is -2.14. The van der Waals surface area contributed by atoms with Gasteiger partial charge in [-0.25, -0.2) is 0 Å². The largest absolute Gasteiger partial charge is 0.451 e. The zero-order valence-electron chi connectivity index (χ0n) is 16.1. The molecular formula is C19H24N4O4. The molecule has 8 nitrogen and oxygen atoms in total. The number of nitrogens with one attached hydrogen (secondary N) is 2. The molecular weight excluding hydrogens is 348 g/mol. The van der Waals surface area contributed by atoms with Gasteiger partial charge in [-0.2, -0.15) is 5.10 Å². The number of hydrogen-bond donors (Lipinski definition) is 2. The van der Waals surface area contributed by atoms with E-state index in [4.69, 9.17) is 4.74 Å². The lowest BCUT2D eigenvalue weighted by atomic mass is 10.1. The van der Waals surface area contributed by atoms with Crippen LogP contribution in [0.25, 0.3) is 0 Å². The Hall–Kier alpha value is -3.16. The molecule has 1 heterocycles. The normalized spacial score (nSPS) is 11.6. The topological polar surface area (TPSA) is 102 Å². The third kappa shape index (κ3) is 5.16. The van der Waals surface area contributed by atoms with Crippen LogP contribution in [-0.4, -0.2) is 40.2 Å². The number of rotatable bonds is 6. The van der Waals surface area contributed by atoms with E-state index < -0.39 is 18.0 Å². The smallest absolute Gasteiger partial charge is 0.326 e. The van der Waals surface area contributed by atoms with Gasteiger partial charge in [-0.3, -0.25) is 19.1 Å². The van der Waals surface area contributed by atoms with Crippen LogP contribution < -0.4 is 10.6 Å². The van der Waals surface area contributed by atoms with Gasteiger partial charge in [0, 0.05) is 12.6 Å².